The first-order valence-electron chi connectivity index (χ1n) is 5.40. The molecule has 0 spiro atoms. The normalized spacial score (nSPS) is 11.3. The van der Waals surface area contributed by atoms with Gasteiger partial charge in [0.25, 0.3) is 0 Å². The highest BCUT2D eigenvalue weighted by Crippen LogP contribution is 2.17. The van der Waals surface area contributed by atoms with Crippen molar-refractivity contribution in [3.8, 4) is 0 Å². The largest absolute Gasteiger partial charge is 0.480 e. The van der Waals surface area contributed by atoms with Gasteiger partial charge in [-0.2, -0.15) is 13.2 Å². The Hall–Kier alpha value is -1.31. The molecule has 5 nitrogen and oxygen atoms in total. The minimum absolute atomic E-state index is 0.0225. The Labute approximate surface area is 103 Å². The highest BCUT2D eigenvalue weighted by atomic mass is 19.4. The van der Waals surface area contributed by atoms with Crippen LogP contribution in [0.4, 0.5) is 13.2 Å². The number of alkyl halides is 3. The third-order valence-corrected chi connectivity index (χ3v) is 1.96. The van der Waals surface area contributed by atoms with Crippen LogP contribution in [0.1, 0.15) is 19.8 Å². The number of hydrogen-bond acceptors (Lipinski definition) is 3. The lowest BCUT2D eigenvalue weighted by molar-refractivity contribution is -0.165. The summed E-state index contributed by atoms with van der Waals surface area (Å²) < 4.78 is 41.1. The number of halogens is 3. The van der Waals surface area contributed by atoms with E-state index < -0.39 is 37.8 Å². The number of hydrogen-bond donors (Lipinski definition) is 1. The van der Waals surface area contributed by atoms with Crippen LogP contribution in [0.3, 0.4) is 0 Å². The second kappa shape index (κ2) is 7.91. The molecule has 0 saturated heterocycles. The third kappa shape index (κ3) is 8.80. The van der Waals surface area contributed by atoms with E-state index in [2.05, 4.69) is 4.74 Å². The van der Waals surface area contributed by atoms with Crippen LogP contribution in [-0.2, 0) is 14.3 Å². The van der Waals surface area contributed by atoms with Gasteiger partial charge in [0.15, 0.2) is 0 Å². The van der Waals surface area contributed by atoms with E-state index in [4.69, 9.17) is 5.11 Å². The minimum atomic E-state index is -4.48. The van der Waals surface area contributed by atoms with E-state index in [1.165, 1.54) is 0 Å². The standard InChI is InChI=1S/C10H16F3NO4/c1-2-3-4-14(7-10(11,12)13)8(15)5-18-6-9(16)17/h2-7H2,1H3,(H,16,17). The van der Waals surface area contributed by atoms with E-state index in [1.54, 1.807) is 6.92 Å². The maximum Gasteiger partial charge on any atom is 0.406 e. The predicted molar refractivity (Wildman–Crippen MR) is 56.0 cm³/mol. The molecule has 1 N–H and O–H groups in total. The van der Waals surface area contributed by atoms with Crippen LogP contribution >= 0.6 is 0 Å². The van der Waals surface area contributed by atoms with Crippen LogP contribution in [-0.4, -0.2) is 54.4 Å². The monoisotopic (exact) mass is 271 g/mol. The van der Waals surface area contributed by atoms with E-state index in [1.807, 2.05) is 0 Å². The topological polar surface area (TPSA) is 66.8 Å². The molecule has 0 aromatic rings. The van der Waals surface area contributed by atoms with Gasteiger partial charge < -0.3 is 14.7 Å². The number of carboxylic acids is 1. The molecular formula is C10H16F3NO4. The van der Waals surface area contributed by atoms with Gasteiger partial charge in [-0.1, -0.05) is 13.3 Å². The summed E-state index contributed by atoms with van der Waals surface area (Å²) in [5.74, 6) is -2.14. The molecule has 0 fully saturated rings. The number of nitrogens with zero attached hydrogens (tertiary/aromatic N) is 1. The van der Waals surface area contributed by atoms with E-state index in [0.29, 0.717) is 17.7 Å². The Morgan fingerprint density at radius 2 is 1.89 bits per heavy atom. The van der Waals surface area contributed by atoms with Crippen molar-refractivity contribution in [2.75, 3.05) is 26.3 Å². The molecule has 0 saturated carbocycles. The maximum absolute atomic E-state index is 12.2. The fourth-order valence-corrected chi connectivity index (χ4v) is 1.17. The van der Waals surface area contributed by atoms with Crippen molar-refractivity contribution in [2.24, 2.45) is 0 Å². The number of unbranched alkanes of at least 4 members (excludes halogenated alkanes) is 1. The lowest BCUT2D eigenvalue weighted by atomic mass is 10.3. The first-order chi connectivity index (χ1) is 8.26. The Morgan fingerprint density at radius 1 is 1.28 bits per heavy atom. The zero-order valence-electron chi connectivity index (χ0n) is 10.00. The lowest BCUT2D eigenvalue weighted by Gasteiger charge is -2.23. The molecule has 106 valence electrons. The van der Waals surface area contributed by atoms with Gasteiger partial charge in [0.1, 0.15) is 19.8 Å². The van der Waals surface area contributed by atoms with E-state index in [0.717, 1.165) is 0 Å². The molecule has 0 unspecified atom stereocenters. The van der Waals surface area contributed by atoms with Gasteiger partial charge in [-0.15, -0.1) is 0 Å². The first kappa shape index (κ1) is 16.7. The molecule has 1 amide bonds. The van der Waals surface area contributed by atoms with Crippen LogP contribution in [0, 0.1) is 0 Å². The molecule has 0 aromatic carbocycles. The summed E-state index contributed by atoms with van der Waals surface area (Å²) in [6.07, 6.45) is -3.38. The second-order valence-electron chi connectivity index (χ2n) is 3.67. The van der Waals surface area contributed by atoms with Crippen molar-refractivity contribution in [1.82, 2.24) is 4.90 Å². The molecule has 0 radical (unpaired) electrons. The van der Waals surface area contributed by atoms with Crippen molar-refractivity contribution >= 4 is 11.9 Å². The van der Waals surface area contributed by atoms with Crippen molar-refractivity contribution in [3.63, 3.8) is 0 Å². The number of aliphatic carboxylic acids is 1. The Kier molecular flexibility index (Phi) is 7.33. The first-order valence-corrected chi connectivity index (χ1v) is 5.40. The molecule has 0 aromatic heterocycles. The van der Waals surface area contributed by atoms with E-state index in [9.17, 15) is 22.8 Å². The zero-order chi connectivity index (χ0) is 14.2. The minimum Gasteiger partial charge on any atom is -0.480 e. The summed E-state index contributed by atoms with van der Waals surface area (Å²) in [6, 6.07) is 0. The molecule has 0 aliphatic carbocycles. The van der Waals surface area contributed by atoms with Crippen LogP contribution in [0.25, 0.3) is 0 Å². The summed E-state index contributed by atoms with van der Waals surface area (Å²) in [5.41, 5.74) is 0. The number of carbonyl (C=O) groups is 2. The lowest BCUT2D eigenvalue weighted by Crippen LogP contribution is -2.41. The molecule has 8 heteroatoms. The fraction of sp³-hybridized carbons (Fsp3) is 0.800. The Balaban J connectivity index is 4.26. The Bertz CT molecular complexity index is 281. The zero-order valence-corrected chi connectivity index (χ0v) is 10.00. The molecule has 0 heterocycles. The number of rotatable bonds is 8. The number of amides is 1. The average Bonchev–Trinajstić information content (AvgIpc) is 2.21. The molecule has 0 rings (SSSR count). The summed E-state index contributed by atoms with van der Waals surface area (Å²) in [4.78, 5) is 22.2. The van der Waals surface area contributed by atoms with Gasteiger partial charge in [0.05, 0.1) is 0 Å². The number of carboxylic acid groups (broad SMARTS) is 1. The van der Waals surface area contributed by atoms with Gasteiger partial charge in [0, 0.05) is 6.54 Å². The van der Waals surface area contributed by atoms with Crippen LogP contribution in [0.2, 0.25) is 0 Å². The van der Waals surface area contributed by atoms with E-state index in [-0.39, 0.29) is 6.54 Å². The number of ether oxygens (including phenoxy) is 1. The highest BCUT2D eigenvalue weighted by molar-refractivity contribution is 5.78. The van der Waals surface area contributed by atoms with Crippen LogP contribution in [0.5, 0.6) is 0 Å². The second-order valence-corrected chi connectivity index (χ2v) is 3.67. The Morgan fingerprint density at radius 3 is 2.33 bits per heavy atom. The van der Waals surface area contributed by atoms with Crippen molar-refractivity contribution in [3.05, 3.63) is 0 Å². The molecule has 0 atom stereocenters. The maximum atomic E-state index is 12.2. The van der Waals surface area contributed by atoms with Gasteiger partial charge in [0.2, 0.25) is 5.91 Å². The van der Waals surface area contributed by atoms with Crippen molar-refractivity contribution in [1.29, 1.82) is 0 Å². The van der Waals surface area contributed by atoms with Gasteiger partial charge in [-0.05, 0) is 6.42 Å². The quantitative estimate of drug-likeness (QED) is 0.722. The van der Waals surface area contributed by atoms with Crippen LogP contribution in [0.15, 0.2) is 0 Å². The van der Waals surface area contributed by atoms with Gasteiger partial charge >= 0.3 is 12.1 Å². The predicted octanol–water partition coefficient (Wildman–Crippen LogP) is 1.28. The summed E-state index contributed by atoms with van der Waals surface area (Å²) in [5, 5.41) is 8.26. The SMILES string of the molecule is CCCCN(CC(F)(F)F)C(=O)COCC(=O)O. The summed E-state index contributed by atoms with van der Waals surface area (Å²) in [7, 11) is 0. The molecule has 0 bridgehead atoms. The molecular weight excluding hydrogens is 255 g/mol. The third-order valence-electron chi connectivity index (χ3n) is 1.96. The van der Waals surface area contributed by atoms with Crippen molar-refractivity contribution < 1.29 is 32.6 Å². The summed E-state index contributed by atoms with van der Waals surface area (Å²) in [6.45, 7) is -0.948. The van der Waals surface area contributed by atoms with Crippen LogP contribution < -0.4 is 0 Å². The van der Waals surface area contributed by atoms with E-state index >= 15 is 0 Å². The molecule has 0 aliphatic heterocycles. The fourth-order valence-electron chi connectivity index (χ4n) is 1.17. The molecule has 0 aliphatic rings. The van der Waals surface area contributed by atoms with Crippen molar-refractivity contribution in [2.45, 2.75) is 25.9 Å². The summed E-state index contributed by atoms with van der Waals surface area (Å²) >= 11 is 0. The highest BCUT2D eigenvalue weighted by Gasteiger charge is 2.32. The molecule has 18 heavy (non-hydrogen) atoms. The van der Waals surface area contributed by atoms with Gasteiger partial charge in [-0.25, -0.2) is 4.79 Å². The smallest absolute Gasteiger partial charge is 0.406 e. The average molecular weight is 271 g/mol. The number of carbonyl (C=O) groups excluding carboxylic acids is 1. The van der Waals surface area contributed by atoms with Gasteiger partial charge in [-0.3, -0.25) is 4.79 Å².